The molecule has 2 aromatic carbocycles. The predicted octanol–water partition coefficient (Wildman–Crippen LogP) is 4.35. The van der Waals surface area contributed by atoms with Crippen molar-refractivity contribution >= 4 is 39.8 Å². The van der Waals surface area contributed by atoms with Crippen LogP contribution in [0, 0.1) is 5.92 Å². The van der Waals surface area contributed by atoms with Crippen LogP contribution >= 0.6 is 0 Å². The number of alkyl halides is 1. The summed E-state index contributed by atoms with van der Waals surface area (Å²) in [5.74, 6) is -1.91. The zero-order valence-electron chi connectivity index (χ0n) is 21.2. The number of rotatable bonds is 8. The highest BCUT2D eigenvalue weighted by atomic mass is 19.1. The standard InChI is InChI=1S/C27H33FN2O6/c1-16(2)24(25(33)29-19(22(31)15-28)14-23(32)36-27(3,4)5)35-26(34)30-20-12-8-6-10-17(20)18-11-7-9-13-21(18)30/h6-13,16,19,22,24,31H,14-15H2,1-5H3,(H,29,33)/t19?,22?,24-/m0/s1. The minimum absolute atomic E-state index is 0.445. The molecule has 0 aliphatic rings. The Kier molecular flexibility index (Phi) is 8.35. The van der Waals surface area contributed by atoms with Crippen molar-refractivity contribution in [1.29, 1.82) is 0 Å². The van der Waals surface area contributed by atoms with Crippen molar-refractivity contribution in [2.75, 3.05) is 6.67 Å². The van der Waals surface area contributed by atoms with Crippen LogP contribution in [0.5, 0.6) is 0 Å². The summed E-state index contributed by atoms with van der Waals surface area (Å²) in [7, 11) is 0. The number of esters is 1. The Morgan fingerprint density at radius 2 is 1.53 bits per heavy atom. The Hall–Kier alpha value is -3.46. The fourth-order valence-corrected chi connectivity index (χ4v) is 3.99. The molecule has 1 heterocycles. The lowest BCUT2D eigenvalue weighted by atomic mass is 10.0. The van der Waals surface area contributed by atoms with E-state index in [-0.39, 0.29) is 0 Å². The van der Waals surface area contributed by atoms with E-state index in [4.69, 9.17) is 9.47 Å². The van der Waals surface area contributed by atoms with Gasteiger partial charge in [-0.2, -0.15) is 0 Å². The fourth-order valence-electron chi connectivity index (χ4n) is 3.99. The number of amides is 1. The number of aliphatic hydroxyl groups is 1. The van der Waals surface area contributed by atoms with Crippen LogP contribution in [0.15, 0.2) is 48.5 Å². The topological polar surface area (TPSA) is 107 Å². The molecule has 9 heteroatoms. The highest BCUT2D eigenvalue weighted by Crippen LogP contribution is 2.29. The summed E-state index contributed by atoms with van der Waals surface area (Å²) < 4.78 is 25.6. The van der Waals surface area contributed by atoms with Gasteiger partial charge in [0.15, 0.2) is 6.10 Å². The first-order chi connectivity index (χ1) is 16.9. The van der Waals surface area contributed by atoms with Crippen molar-refractivity contribution in [3.63, 3.8) is 0 Å². The number of para-hydroxylation sites is 2. The van der Waals surface area contributed by atoms with E-state index in [9.17, 15) is 23.9 Å². The number of nitrogens with zero attached hydrogens (tertiary/aromatic N) is 1. The molecule has 2 N–H and O–H groups in total. The van der Waals surface area contributed by atoms with Gasteiger partial charge in [-0.05, 0) is 38.8 Å². The number of hydrogen-bond donors (Lipinski definition) is 2. The quantitative estimate of drug-likeness (QED) is 0.446. The van der Waals surface area contributed by atoms with Crippen LogP contribution in [0.4, 0.5) is 9.18 Å². The molecule has 3 rings (SSSR count). The minimum Gasteiger partial charge on any atom is -0.460 e. The molecule has 0 saturated heterocycles. The van der Waals surface area contributed by atoms with Crippen LogP contribution in [-0.2, 0) is 19.1 Å². The molecular formula is C27H33FN2O6. The molecule has 36 heavy (non-hydrogen) atoms. The van der Waals surface area contributed by atoms with Gasteiger partial charge in [0.2, 0.25) is 0 Å². The number of hydrogen-bond acceptors (Lipinski definition) is 6. The highest BCUT2D eigenvalue weighted by molar-refractivity contribution is 6.12. The van der Waals surface area contributed by atoms with Crippen LogP contribution in [0.3, 0.4) is 0 Å². The number of nitrogens with one attached hydrogen (secondary N) is 1. The second-order valence-corrected chi connectivity index (χ2v) is 10.0. The fraction of sp³-hybridized carbons (Fsp3) is 0.444. The van der Waals surface area contributed by atoms with Gasteiger partial charge in [0.25, 0.3) is 5.91 Å². The Morgan fingerprint density at radius 3 is 2.00 bits per heavy atom. The molecule has 8 nitrogen and oxygen atoms in total. The smallest absolute Gasteiger partial charge is 0.419 e. The van der Waals surface area contributed by atoms with Crippen molar-refractivity contribution in [2.24, 2.45) is 5.92 Å². The number of fused-ring (bicyclic) bond motifs is 3. The molecule has 0 spiro atoms. The van der Waals surface area contributed by atoms with Crippen LogP contribution in [-0.4, -0.2) is 58.2 Å². The van der Waals surface area contributed by atoms with E-state index in [1.54, 1.807) is 58.9 Å². The Labute approximate surface area is 209 Å². The molecule has 0 saturated carbocycles. The second-order valence-electron chi connectivity index (χ2n) is 10.0. The van der Waals surface area contributed by atoms with Gasteiger partial charge in [0, 0.05) is 10.8 Å². The van der Waals surface area contributed by atoms with Gasteiger partial charge in [-0.1, -0.05) is 50.2 Å². The Balaban J connectivity index is 1.84. The summed E-state index contributed by atoms with van der Waals surface area (Å²) in [5.41, 5.74) is 0.467. The van der Waals surface area contributed by atoms with Gasteiger partial charge in [-0.3, -0.25) is 9.59 Å². The van der Waals surface area contributed by atoms with Crippen molar-refractivity contribution in [3.05, 3.63) is 48.5 Å². The minimum atomic E-state index is -1.64. The van der Waals surface area contributed by atoms with E-state index in [0.29, 0.717) is 11.0 Å². The molecule has 3 atom stereocenters. The molecule has 194 valence electrons. The van der Waals surface area contributed by atoms with Crippen molar-refractivity contribution in [1.82, 2.24) is 9.88 Å². The van der Waals surface area contributed by atoms with Crippen molar-refractivity contribution < 1.29 is 33.4 Å². The number of ether oxygens (including phenoxy) is 2. The van der Waals surface area contributed by atoms with Crippen LogP contribution in [0.2, 0.25) is 0 Å². The number of carbonyl (C=O) groups excluding carboxylic acids is 3. The number of carbonyl (C=O) groups is 3. The molecule has 2 unspecified atom stereocenters. The van der Waals surface area contributed by atoms with Crippen LogP contribution in [0.25, 0.3) is 21.8 Å². The van der Waals surface area contributed by atoms with Crippen molar-refractivity contribution in [3.8, 4) is 0 Å². The van der Waals surface area contributed by atoms with Crippen LogP contribution in [0.1, 0.15) is 41.0 Å². The normalized spacial score (nSPS) is 14.4. The highest BCUT2D eigenvalue weighted by Gasteiger charge is 2.33. The number of aromatic nitrogens is 1. The SMILES string of the molecule is CC(C)[C@H](OC(=O)n1c2ccccc2c2ccccc21)C(=O)NC(CC(=O)OC(C)(C)C)C(O)CF. The zero-order valence-corrected chi connectivity index (χ0v) is 21.2. The summed E-state index contributed by atoms with van der Waals surface area (Å²) >= 11 is 0. The third-order valence-corrected chi connectivity index (χ3v) is 5.61. The van der Waals surface area contributed by atoms with E-state index in [1.807, 2.05) is 24.3 Å². The lowest BCUT2D eigenvalue weighted by Gasteiger charge is -2.27. The average molecular weight is 501 g/mol. The van der Waals surface area contributed by atoms with Crippen molar-refractivity contribution in [2.45, 2.75) is 64.9 Å². The Morgan fingerprint density at radius 1 is 1.00 bits per heavy atom. The lowest BCUT2D eigenvalue weighted by molar-refractivity contribution is -0.156. The van der Waals surface area contributed by atoms with E-state index < -0.39 is 60.8 Å². The van der Waals surface area contributed by atoms with E-state index in [0.717, 1.165) is 10.8 Å². The number of aliphatic hydroxyl groups excluding tert-OH is 1. The molecule has 0 radical (unpaired) electrons. The maximum absolute atomic E-state index is 13.3. The maximum atomic E-state index is 13.3. The molecule has 0 aliphatic carbocycles. The van der Waals surface area contributed by atoms with E-state index in [2.05, 4.69) is 5.32 Å². The maximum Gasteiger partial charge on any atom is 0.419 e. The van der Waals surface area contributed by atoms with E-state index >= 15 is 0 Å². The van der Waals surface area contributed by atoms with Gasteiger partial charge >= 0.3 is 12.1 Å². The third kappa shape index (κ3) is 6.20. The monoisotopic (exact) mass is 500 g/mol. The third-order valence-electron chi connectivity index (χ3n) is 5.61. The van der Waals surface area contributed by atoms with Crippen LogP contribution < -0.4 is 5.32 Å². The number of halogens is 1. The molecule has 0 bridgehead atoms. The first kappa shape index (κ1) is 27.1. The molecule has 0 fully saturated rings. The summed E-state index contributed by atoms with van der Waals surface area (Å²) in [5, 5.41) is 14.3. The summed E-state index contributed by atoms with van der Waals surface area (Å²) in [6, 6.07) is 13.5. The summed E-state index contributed by atoms with van der Waals surface area (Å²) in [6.45, 7) is 7.23. The molecule has 1 amide bonds. The van der Waals surface area contributed by atoms with Gasteiger partial charge in [-0.25, -0.2) is 13.8 Å². The van der Waals surface area contributed by atoms with E-state index in [1.165, 1.54) is 4.57 Å². The molecule has 3 aromatic rings. The summed E-state index contributed by atoms with van der Waals surface area (Å²) in [6.07, 6.45) is -4.09. The van der Waals surface area contributed by atoms with Gasteiger partial charge in [0.1, 0.15) is 18.4 Å². The van der Waals surface area contributed by atoms with Gasteiger partial charge in [-0.15, -0.1) is 0 Å². The second kappa shape index (κ2) is 11.1. The molecule has 1 aromatic heterocycles. The van der Waals surface area contributed by atoms with Gasteiger partial charge < -0.3 is 19.9 Å². The Bertz CT molecular complexity index is 1190. The number of benzene rings is 2. The average Bonchev–Trinajstić information content (AvgIpc) is 3.14. The summed E-state index contributed by atoms with van der Waals surface area (Å²) in [4.78, 5) is 38.7. The first-order valence-corrected chi connectivity index (χ1v) is 11.9. The molecular weight excluding hydrogens is 467 g/mol. The predicted molar refractivity (Wildman–Crippen MR) is 134 cm³/mol. The first-order valence-electron chi connectivity index (χ1n) is 11.9. The largest absolute Gasteiger partial charge is 0.460 e. The zero-order chi connectivity index (χ0) is 26.6. The molecule has 0 aliphatic heterocycles. The lowest BCUT2D eigenvalue weighted by Crippen LogP contribution is -2.51. The van der Waals surface area contributed by atoms with Gasteiger partial charge in [0.05, 0.1) is 23.5 Å².